The molecule has 0 heterocycles. The summed E-state index contributed by atoms with van der Waals surface area (Å²) in [6.07, 6.45) is 0.380. The Balaban J connectivity index is 2.18. The lowest BCUT2D eigenvalue weighted by Crippen LogP contribution is -2.38. The van der Waals surface area contributed by atoms with Crippen LogP contribution in [0.3, 0.4) is 0 Å². The second-order valence-corrected chi connectivity index (χ2v) is 9.37. The van der Waals surface area contributed by atoms with Crippen molar-refractivity contribution in [3.63, 3.8) is 0 Å². The van der Waals surface area contributed by atoms with Crippen LogP contribution in [0.1, 0.15) is 23.1 Å². The van der Waals surface area contributed by atoms with E-state index in [2.05, 4.69) is 11.8 Å². The predicted octanol–water partition coefficient (Wildman–Crippen LogP) is 5.76. The highest BCUT2D eigenvalue weighted by atomic mass is 35.5. The molecule has 0 saturated carbocycles. The van der Waals surface area contributed by atoms with Crippen LogP contribution in [0.5, 0.6) is 0 Å². The standard InChI is InChI=1S/C19H15Cl3F3NO2S/c1-26(29(27,28)19(23,24)25)9-3-5-17-14(4-2-6-18(17)22)8-7-13-10-15(20)12-16(21)11-13/h2,4,6,10-12H,3,5,9H2,1H3. The maximum atomic E-state index is 12.6. The van der Waals surface area contributed by atoms with Crippen LogP contribution in [0, 0.1) is 11.8 Å². The summed E-state index contributed by atoms with van der Waals surface area (Å²) in [5.74, 6) is 5.87. The number of hydrogen-bond donors (Lipinski definition) is 0. The highest BCUT2D eigenvalue weighted by Gasteiger charge is 2.48. The molecule has 0 fully saturated rings. The van der Waals surface area contributed by atoms with E-state index in [0.29, 0.717) is 31.8 Å². The maximum Gasteiger partial charge on any atom is 0.511 e. The van der Waals surface area contributed by atoms with E-state index in [1.54, 1.807) is 36.4 Å². The van der Waals surface area contributed by atoms with E-state index < -0.39 is 15.5 Å². The van der Waals surface area contributed by atoms with E-state index in [9.17, 15) is 21.6 Å². The summed E-state index contributed by atoms with van der Waals surface area (Å²) in [6.45, 7) is -0.316. The summed E-state index contributed by atoms with van der Waals surface area (Å²) in [5, 5.41) is 1.26. The molecule has 3 nitrogen and oxygen atoms in total. The van der Waals surface area contributed by atoms with Gasteiger partial charge in [-0.2, -0.15) is 17.5 Å². The van der Waals surface area contributed by atoms with Crippen molar-refractivity contribution in [3.05, 3.63) is 68.2 Å². The monoisotopic (exact) mass is 483 g/mol. The Morgan fingerprint density at radius 2 is 1.66 bits per heavy atom. The Hall–Kier alpha value is -1.43. The van der Waals surface area contributed by atoms with Gasteiger partial charge in [-0.05, 0) is 48.7 Å². The fourth-order valence-electron chi connectivity index (χ4n) is 2.47. The molecular formula is C19H15Cl3F3NO2S. The molecule has 0 aliphatic heterocycles. The van der Waals surface area contributed by atoms with E-state index in [0.717, 1.165) is 7.05 Å². The van der Waals surface area contributed by atoms with E-state index in [1.165, 1.54) is 0 Å². The van der Waals surface area contributed by atoms with E-state index in [1.807, 2.05) is 0 Å². The molecule has 2 aromatic rings. The molecule has 0 aliphatic rings. The summed E-state index contributed by atoms with van der Waals surface area (Å²) in [6, 6.07) is 9.90. The van der Waals surface area contributed by atoms with Gasteiger partial charge < -0.3 is 0 Å². The molecule has 0 saturated heterocycles. The lowest BCUT2D eigenvalue weighted by Gasteiger charge is -2.18. The SMILES string of the molecule is CN(CCCc1c(Cl)cccc1C#Cc1cc(Cl)cc(Cl)c1)S(=O)(=O)C(F)(F)F. The summed E-state index contributed by atoms with van der Waals surface area (Å²) >= 11 is 18.1. The van der Waals surface area contributed by atoms with Gasteiger partial charge in [0.05, 0.1) is 0 Å². The van der Waals surface area contributed by atoms with Gasteiger partial charge in [0.15, 0.2) is 0 Å². The molecule has 0 aliphatic carbocycles. The number of halogens is 6. The van der Waals surface area contributed by atoms with Crippen LogP contribution in [0.15, 0.2) is 36.4 Å². The van der Waals surface area contributed by atoms with Gasteiger partial charge in [-0.3, -0.25) is 0 Å². The minimum atomic E-state index is -5.36. The quantitative estimate of drug-likeness (QED) is 0.506. The third-order valence-electron chi connectivity index (χ3n) is 3.93. The van der Waals surface area contributed by atoms with Gasteiger partial charge in [-0.1, -0.05) is 52.7 Å². The van der Waals surface area contributed by atoms with Crippen molar-refractivity contribution in [1.29, 1.82) is 0 Å². The van der Waals surface area contributed by atoms with E-state index >= 15 is 0 Å². The van der Waals surface area contributed by atoms with Crippen molar-refractivity contribution in [1.82, 2.24) is 4.31 Å². The van der Waals surface area contributed by atoms with Gasteiger partial charge in [-0.25, -0.2) is 8.42 Å². The van der Waals surface area contributed by atoms with Crippen molar-refractivity contribution in [2.75, 3.05) is 13.6 Å². The topological polar surface area (TPSA) is 37.4 Å². The smallest absolute Gasteiger partial charge is 0.203 e. The number of hydrogen-bond acceptors (Lipinski definition) is 2. The molecular weight excluding hydrogens is 470 g/mol. The van der Waals surface area contributed by atoms with Crippen molar-refractivity contribution in [2.24, 2.45) is 0 Å². The first-order chi connectivity index (χ1) is 13.4. The van der Waals surface area contributed by atoms with Crippen LogP contribution in [-0.2, 0) is 16.4 Å². The fourth-order valence-corrected chi connectivity index (χ4v) is 3.99. The van der Waals surface area contributed by atoms with Gasteiger partial charge in [-0.15, -0.1) is 0 Å². The summed E-state index contributed by atoms with van der Waals surface area (Å²) in [7, 11) is -4.47. The molecule has 2 rings (SSSR count). The van der Waals surface area contributed by atoms with Gasteiger partial charge in [0.25, 0.3) is 0 Å². The Labute approximate surface area is 182 Å². The molecule has 0 radical (unpaired) electrons. The largest absolute Gasteiger partial charge is 0.511 e. The van der Waals surface area contributed by atoms with Gasteiger partial charge in [0.2, 0.25) is 0 Å². The fraction of sp³-hybridized carbons (Fsp3) is 0.263. The lowest BCUT2D eigenvalue weighted by atomic mass is 10.0. The molecule has 2 aromatic carbocycles. The van der Waals surface area contributed by atoms with Crippen LogP contribution in [0.4, 0.5) is 13.2 Å². The lowest BCUT2D eigenvalue weighted by molar-refractivity contribution is -0.0482. The Morgan fingerprint density at radius 3 is 2.24 bits per heavy atom. The normalized spacial score (nSPS) is 12.0. The van der Waals surface area contributed by atoms with E-state index in [4.69, 9.17) is 34.8 Å². The third-order valence-corrected chi connectivity index (χ3v) is 6.30. The Kier molecular flexibility index (Phi) is 7.88. The average molecular weight is 485 g/mol. The summed E-state index contributed by atoms with van der Waals surface area (Å²) < 4.78 is 60.8. The molecule has 156 valence electrons. The third kappa shape index (κ3) is 6.27. The number of alkyl halides is 3. The molecule has 0 amide bonds. The van der Waals surface area contributed by atoms with Crippen molar-refractivity contribution < 1.29 is 21.6 Å². The predicted molar refractivity (Wildman–Crippen MR) is 110 cm³/mol. The molecule has 0 unspecified atom stereocenters. The molecule has 0 bridgehead atoms. The van der Waals surface area contributed by atoms with Crippen LogP contribution in [0.2, 0.25) is 15.1 Å². The number of sulfonamides is 1. The molecule has 10 heteroatoms. The zero-order valence-electron chi connectivity index (χ0n) is 15.0. The van der Waals surface area contributed by atoms with Crippen LogP contribution >= 0.6 is 34.8 Å². The zero-order chi connectivity index (χ0) is 21.8. The first-order valence-corrected chi connectivity index (χ1v) is 10.8. The first-order valence-electron chi connectivity index (χ1n) is 8.20. The molecule has 0 aromatic heterocycles. The Morgan fingerprint density at radius 1 is 1.03 bits per heavy atom. The second kappa shape index (κ2) is 9.59. The van der Waals surface area contributed by atoms with E-state index in [-0.39, 0.29) is 23.7 Å². The summed E-state index contributed by atoms with van der Waals surface area (Å²) in [5.41, 5.74) is -3.55. The number of nitrogens with zero attached hydrogens (tertiary/aromatic N) is 1. The van der Waals surface area contributed by atoms with Crippen molar-refractivity contribution in [3.8, 4) is 11.8 Å². The molecule has 0 N–H and O–H groups in total. The van der Waals surface area contributed by atoms with Crippen LogP contribution in [0.25, 0.3) is 0 Å². The van der Waals surface area contributed by atoms with Gasteiger partial charge >= 0.3 is 15.5 Å². The van der Waals surface area contributed by atoms with Crippen LogP contribution in [-0.4, -0.2) is 31.8 Å². The Bertz CT molecular complexity index is 1040. The summed E-state index contributed by atoms with van der Waals surface area (Å²) in [4.78, 5) is 0. The minimum Gasteiger partial charge on any atom is -0.203 e. The van der Waals surface area contributed by atoms with Gasteiger partial charge in [0.1, 0.15) is 0 Å². The molecule has 0 spiro atoms. The molecule has 0 atom stereocenters. The zero-order valence-corrected chi connectivity index (χ0v) is 18.1. The number of benzene rings is 2. The second-order valence-electron chi connectivity index (χ2n) is 6.05. The highest BCUT2D eigenvalue weighted by molar-refractivity contribution is 7.89. The average Bonchev–Trinajstić information content (AvgIpc) is 2.59. The molecule has 29 heavy (non-hydrogen) atoms. The van der Waals surface area contributed by atoms with Crippen molar-refractivity contribution >= 4 is 44.8 Å². The van der Waals surface area contributed by atoms with Crippen molar-refractivity contribution in [2.45, 2.75) is 18.3 Å². The first kappa shape index (κ1) is 23.8. The number of rotatable bonds is 5. The minimum absolute atomic E-state index is 0.132. The maximum absolute atomic E-state index is 12.6. The van der Waals surface area contributed by atoms with Crippen LogP contribution < -0.4 is 0 Å². The highest BCUT2D eigenvalue weighted by Crippen LogP contribution is 2.27. The van der Waals surface area contributed by atoms with Gasteiger partial charge in [0, 0.05) is 39.8 Å².